The van der Waals surface area contributed by atoms with Gasteiger partial charge in [-0.15, -0.1) is 0 Å². The lowest BCUT2D eigenvalue weighted by Crippen LogP contribution is -2.21. The minimum atomic E-state index is -0.184. The third-order valence-corrected chi connectivity index (χ3v) is 4.11. The molecule has 1 aromatic carbocycles. The first kappa shape index (κ1) is 18.0. The zero-order valence-corrected chi connectivity index (χ0v) is 14.0. The second-order valence-corrected chi connectivity index (χ2v) is 5.83. The maximum Gasteiger partial charge on any atom is 0.305 e. The highest BCUT2D eigenvalue weighted by Gasteiger charge is 2.29. The number of para-hydroxylation sites is 1. The Labute approximate surface area is 143 Å². The Kier molecular flexibility index (Phi) is 7.27. The van der Waals surface area contributed by atoms with E-state index in [0.29, 0.717) is 19.4 Å². The summed E-state index contributed by atoms with van der Waals surface area (Å²) in [5, 5.41) is 0. The predicted molar refractivity (Wildman–Crippen MR) is 92.7 cm³/mol. The lowest BCUT2D eigenvalue weighted by molar-refractivity contribution is -0.140. The summed E-state index contributed by atoms with van der Waals surface area (Å²) in [6.07, 6.45) is 10.4. The number of methoxy groups -OCH3 is 1. The van der Waals surface area contributed by atoms with Crippen molar-refractivity contribution < 1.29 is 19.1 Å². The van der Waals surface area contributed by atoms with E-state index in [0.717, 1.165) is 18.6 Å². The van der Waals surface area contributed by atoms with Gasteiger partial charge in [0.05, 0.1) is 13.7 Å². The van der Waals surface area contributed by atoms with Crippen LogP contribution in [0.25, 0.3) is 0 Å². The molecule has 0 heterocycles. The Bertz CT molecular complexity index is 589. The normalized spacial score (nSPS) is 19.8. The number of carbonyl (C=O) groups excluding carboxylic acids is 2. The van der Waals surface area contributed by atoms with Gasteiger partial charge in [-0.25, -0.2) is 0 Å². The molecule has 0 saturated heterocycles. The van der Waals surface area contributed by atoms with Crippen molar-refractivity contribution in [3.63, 3.8) is 0 Å². The molecule has 0 amide bonds. The fourth-order valence-electron chi connectivity index (χ4n) is 2.69. The molecule has 0 spiro atoms. The third-order valence-electron chi connectivity index (χ3n) is 4.11. The summed E-state index contributed by atoms with van der Waals surface area (Å²) in [6.45, 7) is 0.507. The van der Waals surface area contributed by atoms with Crippen molar-refractivity contribution in [2.24, 2.45) is 11.8 Å². The molecule has 0 bridgehead atoms. The van der Waals surface area contributed by atoms with Gasteiger partial charge in [0.25, 0.3) is 0 Å². The summed E-state index contributed by atoms with van der Waals surface area (Å²) in [6, 6.07) is 9.63. The zero-order valence-electron chi connectivity index (χ0n) is 14.0. The SMILES string of the molecule is COC(=O)CCCC=CC[C@H]1C(=O)C=C[C@@H]1COc1ccccc1. The van der Waals surface area contributed by atoms with Crippen molar-refractivity contribution in [2.75, 3.05) is 13.7 Å². The molecule has 1 aliphatic carbocycles. The molecule has 24 heavy (non-hydrogen) atoms. The van der Waals surface area contributed by atoms with E-state index in [2.05, 4.69) is 4.74 Å². The standard InChI is InChI=1S/C20H24O4/c1-23-20(22)12-8-3-2-7-11-18-16(13-14-19(18)21)15-24-17-9-5-4-6-10-17/h2,4-7,9-10,13-14,16,18H,3,8,11-12,15H2,1H3/t16-,18-/m1/s1. The van der Waals surface area contributed by atoms with Gasteiger partial charge in [-0.1, -0.05) is 36.4 Å². The predicted octanol–water partition coefficient (Wildman–Crippen LogP) is 3.73. The third kappa shape index (κ3) is 5.69. The summed E-state index contributed by atoms with van der Waals surface area (Å²) in [4.78, 5) is 23.0. The lowest BCUT2D eigenvalue weighted by Gasteiger charge is -2.17. The number of allylic oxidation sites excluding steroid dienone is 3. The molecule has 2 atom stereocenters. The Hall–Kier alpha value is -2.36. The smallest absolute Gasteiger partial charge is 0.305 e. The summed E-state index contributed by atoms with van der Waals surface area (Å²) in [7, 11) is 1.40. The lowest BCUT2D eigenvalue weighted by atomic mass is 9.92. The maximum absolute atomic E-state index is 12.0. The number of carbonyl (C=O) groups is 2. The van der Waals surface area contributed by atoms with Crippen LogP contribution >= 0.6 is 0 Å². The molecule has 0 aromatic heterocycles. The summed E-state index contributed by atoms with van der Waals surface area (Å²) >= 11 is 0. The van der Waals surface area contributed by atoms with Gasteiger partial charge in [-0.2, -0.15) is 0 Å². The number of unbranched alkanes of at least 4 members (excludes halogenated alkanes) is 1. The van der Waals surface area contributed by atoms with Gasteiger partial charge in [0.15, 0.2) is 5.78 Å². The van der Waals surface area contributed by atoms with E-state index >= 15 is 0 Å². The van der Waals surface area contributed by atoms with Crippen molar-refractivity contribution in [3.05, 3.63) is 54.6 Å². The van der Waals surface area contributed by atoms with Gasteiger partial charge < -0.3 is 9.47 Å². The van der Waals surface area contributed by atoms with Crippen molar-refractivity contribution in [3.8, 4) is 5.75 Å². The molecule has 0 unspecified atom stereocenters. The van der Waals surface area contributed by atoms with Crippen LogP contribution in [0.15, 0.2) is 54.6 Å². The molecule has 4 heteroatoms. The number of ether oxygens (including phenoxy) is 2. The van der Waals surface area contributed by atoms with E-state index in [-0.39, 0.29) is 23.6 Å². The fourth-order valence-corrected chi connectivity index (χ4v) is 2.69. The molecule has 4 nitrogen and oxygen atoms in total. The second-order valence-electron chi connectivity index (χ2n) is 5.83. The molecule has 0 fully saturated rings. The van der Waals surface area contributed by atoms with Crippen molar-refractivity contribution in [1.29, 1.82) is 0 Å². The fraction of sp³-hybridized carbons (Fsp3) is 0.400. The maximum atomic E-state index is 12.0. The van der Waals surface area contributed by atoms with Crippen molar-refractivity contribution >= 4 is 11.8 Å². The number of hydrogen-bond donors (Lipinski definition) is 0. The second kappa shape index (κ2) is 9.71. The van der Waals surface area contributed by atoms with Crippen LogP contribution in [0, 0.1) is 11.8 Å². The first-order valence-corrected chi connectivity index (χ1v) is 8.32. The van der Waals surface area contributed by atoms with E-state index in [1.165, 1.54) is 7.11 Å². The Morgan fingerprint density at radius 2 is 2.00 bits per heavy atom. The van der Waals surface area contributed by atoms with E-state index in [4.69, 9.17) is 4.74 Å². The number of ketones is 1. The molecule has 0 radical (unpaired) electrons. The number of esters is 1. The van der Waals surface area contributed by atoms with Gasteiger partial charge >= 0.3 is 5.97 Å². The molecule has 0 saturated carbocycles. The van der Waals surface area contributed by atoms with Crippen molar-refractivity contribution in [2.45, 2.75) is 25.7 Å². The average molecular weight is 328 g/mol. The topological polar surface area (TPSA) is 52.6 Å². The number of hydrogen-bond acceptors (Lipinski definition) is 4. The summed E-state index contributed by atoms with van der Waals surface area (Å²) in [5.41, 5.74) is 0. The quantitative estimate of drug-likeness (QED) is 0.394. The van der Waals surface area contributed by atoms with Gasteiger partial charge in [-0.05, 0) is 37.5 Å². The highest BCUT2D eigenvalue weighted by atomic mass is 16.5. The van der Waals surface area contributed by atoms with Crippen LogP contribution in [0.4, 0.5) is 0 Å². The number of benzene rings is 1. The molecule has 2 rings (SSSR count). The van der Waals surface area contributed by atoms with Crippen LogP contribution in [-0.4, -0.2) is 25.5 Å². The first-order valence-electron chi connectivity index (χ1n) is 8.32. The van der Waals surface area contributed by atoms with E-state index < -0.39 is 0 Å². The number of rotatable bonds is 9. The molecule has 0 N–H and O–H groups in total. The molecule has 1 aromatic rings. The van der Waals surface area contributed by atoms with Crippen LogP contribution in [0.1, 0.15) is 25.7 Å². The van der Waals surface area contributed by atoms with E-state index in [1.807, 2.05) is 48.6 Å². The Morgan fingerprint density at radius 1 is 1.21 bits per heavy atom. The van der Waals surface area contributed by atoms with E-state index in [1.54, 1.807) is 6.08 Å². The van der Waals surface area contributed by atoms with Crippen LogP contribution in [0.5, 0.6) is 5.75 Å². The largest absolute Gasteiger partial charge is 0.493 e. The minimum absolute atomic E-state index is 0.0504. The average Bonchev–Trinajstić information content (AvgIpc) is 2.96. The van der Waals surface area contributed by atoms with Gasteiger partial charge in [0.2, 0.25) is 0 Å². The van der Waals surface area contributed by atoms with Crippen LogP contribution in [0.2, 0.25) is 0 Å². The van der Waals surface area contributed by atoms with Gasteiger partial charge in [0, 0.05) is 18.3 Å². The minimum Gasteiger partial charge on any atom is -0.493 e. The first-order chi connectivity index (χ1) is 11.7. The molecular weight excluding hydrogens is 304 g/mol. The molecular formula is C20H24O4. The zero-order chi connectivity index (χ0) is 17.2. The van der Waals surface area contributed by atoms with Crippen LogP contribution in [-0.2, 0) is 14.3 Å². The van der Waals surface area contributed by atoms with Gasteiger partial charge in [0.1, 0.15) is 5.75 Å². The van der Waals surface area contributed by atoms with Crippen molar-refractivity contribution in [1.82, 2.24) is 0 Å². The summed E-state index contributed by atoms with van der Waals surface area (Å²) < 4.78 is 10.4. The highest BCUT2D eigenvalue weighted by Crippen LogP contribution is 2.27. The van der Waals surface area contributed by atoms with Crippen LogP contribution < -0.4 is 4.74 Å². The van der Waals surface area contributed by atoms with Gasteiger partial charge in [-0.3, -0.25) is 9.59 Å². The highest BCUT2D eigenvalue weighted by molar-refractivity contribution is 5.94. The summed E-state index contributed by atoms with van der Waals surface area (Å²) in [5.74, 6) is 0.859. The molecule has 128 valence electrons. The Balaban J connectivity index is 1.73. The molecule has 1 aliphatic rings. The monoisotopic (exact) mass is 328 g/mol. The van der Waals surface area contributed by atoms with E-state index in [9.17, 15) is 9.59 Å². The van der Waals surface area contributed by atoms with Crippen LogP contribution in [0.3, 0.4) is 0 Å². The molecule has 0 aliphatic heterocycles. The Morgan fingerprint density at radius 3 is 2.75 bits per heavy atom.